The Balaban J connectivity index is 2.10. The van der Waals surface area contributed by atoms with Gasteiger partial charge in [-0.25, -0.2) is 0 Å². The van der Waals surface area contributed by atoms with E-state index in [9.17, 15) is 4.79 Å². The number of nitrogens with one attached hydrogen (secondary N) is 1. The lowest BCUT2D eigenvalue weighted by molar-refractivity contribution is -0.122. The highest BCUT2D eigenvalue weighted by molar-refractivity contribution is 6.35. The standard InChI is InChI=1S/C16H14Cl3NO3/c1-9(23-14-5-3-10(17)7-12(14)19)16(21)20-13-8-11(18)4-6-15(13)22-2/h3-9H,1-2H3,(H,20,21). The molecule has 0 aliphatic carbocycles. The first-order chi connectivity index (χ1) is 10.9. The number of anilines is 1. The van der Waals surface area contributed by atoms with Crippen molar-refractivity contribution in [3.05, 3.63) is 51.5 Å². The molecule has 1 atom stereocenters. The van der Waals surface area contributed by atoms with Crippen molar-refractivity contribution < 1.29 is 14.3 Å². The van der Waals surface area contributed by atoms with Crippen LogP contribution in [0.2, 0.25) is 15.1 Å². The largest absolute Gasteiger partial charge is 0.495 e. The fourth-order valence-corrected chi connectivity index (χ4v) is 2.45. The molecule has 0 spiro atoms. The lowest BCUT2D eigenvalue weighted by Gasteiger charge is -2.17. The summed E-state index contributed by atoms with van der Waals surface area (Å²) in [5, 5.41) is 4.01. The summed E-state index contributed by atoms with van der Waals surface area (Å²) in [6, 6.07) is 9.72. The summed E-state index contributed by atoms with van der Waals surface area (Å²) in [7, 11) is 1.51. The van der Waals surface area contributed by atoms with Crippen LogP contribution in [0.4, 0.5) is 5.69 Å². The molecule has 0 bridgehead atoms. The molecule has 0 aliphatic heterocycles. The molecule has 4 nitrogen and oxygen atoms in total. The molecule has 0 heterocycles. The van der Waals surface area contributed by atoms with Crippen LogP contribution in [0.15, 0.2) is 36.4 Å². The highest BCUT2D eigenvalue weighted by atomic mass is 35.5. The molecule has 1 N–H and O–H groups in total. The number of hydrogen-bond acceptors (Lipinski definition) is 3. The second-order valence-electron chi connectivity index (χ2n) is 4.67. The third-order valence-corrected chi connectivity index (χ3v) is 3.75. The van der Waals surface area contributed by atoms with Gasteiger partial charge in [-0.2, -0.15) is 0 Å². The van der Waals surface area contributed by atoms with E-state index in [-0.39, 0.29) is 5.91 Å². The summed E-state index contributed by atoms with van der Waals surface area (Å²) in [5.41, 5.74) is 0.461. The Bertz CT molecular complexity index is 722. The van der Waals surface area contributed by atoms with Gasteiger partial charge >= 0.3 is 0 Å². The normalized spacial score (nSPS) is 11.7. The summed E-state index contributed by atoms with van der Waals surface area (Å²) >= 11 is 17.8. The lowest BCUT2D eigenvalue weighted by Crippen LogP contribution is -2.30. The van der Waals surface area contributed by atoms with Gasteiger partial charge in [-0.15, -0.1) is 0 Å². The van der Waals surface area contributed by atoms with Crippen LogP contribution >= 0.6 is 34.8 Å². The fraction of sp³-hybridized carbons (Fsp3) is 0.188. The molecular weight excluding hydrogens is 361 g/mol. The molecule has 1 amide bonds. The third-order valence-electron chi connectivity index (χ3n) is 2.99. The van der Waals surface area contributed by atoms with Crippen LogP contribution in [0, 0.1) is 0 Å². The number of rotatable bonds is 5. The predicted molar refractivity (Wildman–Crippen MR) is 93.2 cm³/mol. The molecule has 0 saturated carbocycles. The van der Waals surface area contributed by atoms with E-state index in [0.717, 1.165) is 0 Å². The molecule has 2 aromatic carbocycles. The van der Waals surface area contributed by atoms with Gasteiger partial charge in [0.2, 0.25) is 0 Å². The number of carbonyl (C=O) groups excluding carboxylic acids is 1. The predicted octanol–water partition coefficient (Wildman–Crippen LogP) is 5.06. The first-order valence-corrected chi connectivity index (χ1v) is 7.80. The SMILES string of the molecule is COc1ccc(Cl)cc1NC(=O)C(C)Oc1ccc(Cl)cc1Cl. The molecule has 2 rings (SSSR count). The van der Waals surface area contributed by atoms with Crippen molar-refractivity contribution in [3.8, 4) is 11.5 Å². The first kappa shape index (κ1) is 17.7. The Morgan fingerprint density at radius 3 is 2.26 bits per heavy atom. The van der Waals surface area contributed by atoms with Crippen LogP contribution in [0.3, 0.4) is 0 Å². The molecule has 2 aromatic rings. The van der Waals surface area contributed by atoms with Crippen LogP contribution in [-0.4, -0.2) is 19.1 Å². The van der Waals surface area contributed by atoms with Gasteiger partial charge in [0, 0.05) is 10.0 Å². The molecule has 7 heteroatoms. The first-order valence-electron chi connectivity index (χ1n) is 6.67. The Hall–Kier alpha value is -1.62. The zero-order valence-electron chi connectivity index (χ0n) is 12.4. The highest BCUT2D eigenvalue weighted by Gasteiger charge is 2.18. The van der Waals surface area contributed by atoms with Gasteiger partial charge in [-0.1, -0.05) is 34.8 Å². The highest BCUT2D eigenvalue weighted by Crippen LogP contribution is 2.30. The lowest BCUT2D eigenvalue weighted by atomic mass is 10.2. The average molecular weight is 375 g/mol. The van der Waals surface area contributed by atoms with E-state index in [1.807, 2.05) is 0 Å². The van der Waals surface area contributed by atoms with E-state index in [1.165, 1.54) is 7.11 Å². The monoisotopic (exact) mass is 373 g/mol. The molecule has 0 aromatic heterocycles. The van der Waals surface area contributed by atoms with Gasteiger partial charge in [-0.3, -0.25) is 4.79 Å². The minimum absolute atomic E-state index is 0.331. The van der Waals surface area contributed by atoms with E-state index in [2.05, 4.69) is 5.32 Å². The van der Waals surface area contributed by atoms with E-state index in [0.29, 0.717) is 32.3 Å². The summed E-state index contributed by atoms with van der Waals surface area (Å²) < 4.78 is 10.7. The molecule has 122 valence electrons. The molecule has 0 radical (unpaired) electrons. The molecular formula is C16H14Cl3NO3. The van der Waals surface area contributed by atoms with E-state index >= 15 is 0 Å². The van der Waals surface area contributed by atoms with Gasteiger partial charge in [0.25, 0.3) is 5.91 Å². The van der Waals surface area contributed by atoms with Crippen molar-refractivity contribution in [3.63, 3.8) is 0 Å². The zero-order chi connectivity index (χ0) is 17.0. The number of hydrogen-bond donors (Lipinski definition) is 1. The van der Waals surface area contributed by atoms with Crippen LogP contribution in [0.5, 0.6) is 11.5 Å². The Morgan fingerprint density at radius 1 is 1.04 bits per heavy atom. The topological polar surface area (TPSA) is 47.6 Å². The smallest absolute Gasteiger partial charge is 0.265 e. The van der Waals surface area contributed by atoms with E-state index in [4.69, 9.17) is 44.3 Å². The zero-order valence-corrected chi connectivity index (χ0v) is 14.7. The molecule has 0 aliphatic rings. The van der Waals surface area contributed by atoms with Crippen LogP contribution < -0.4 is 14.8 Å². The van der Waals surface area contributed by atoms with E-state index in [1.54, 1.807) is 43.3 Å². The van der Waals surface area contributed by atoms with Crippen molar-refractivity contribution in [1.82, 2.24) is 0 Å². The summed E-state index contributed by atoms with van der Waals surface area (Å²) in [6.07, 6.45) is -0.780. The maximum atomic E-state index is 12.3. The Labute approximate surface area is 149 Å². The number of halogens is 3. The van der Waals surface area contributed by atoms with Gasteiger partial charge in [0.15, 0.2) is 6.10 Å². The molecule has 0 saturated heterocycles. The fourth-order valence-electron chi connectivity index (χ4n) is 1.83. The Kier molecular flexibility index (Phi) is 5.99. The van der Waals surface area contributed by atoms with Crippen molar-refractivity contribution in [1.29, 1.82) is 0 Å². The average Bonchev–Trinajstić information content (AvgIpc) is 2.50. The van der Waals surface area contributed by atoms with Crippen molar-refractivity contribution >= 4 is 46.4 Å². The minimum atomic E-state index is -0.780. The second-order valence-corrected chi connectivity index (χ2v) is 5.95. The Morgan fingerprint density at radius 2 is 1.65 bits per heavy atom. The number of carbonyl (C=O) groups is 1. The maximum absolute atomic E-state index is 12.3. The molecule has 0 fully saturated rings. The molecule has 23 heavy (non-hydrogen) atoms. The van der Waals surface area contributed by atoms with Crippen LogP contribution in [-0.2, 0) is 4.79 Å². The minimum Gasteiger partial charge on any atom is -0.495 e. The second kappa shape index (κ2) is 7.77. The summed E-state index contributed by atoms with van der Waals surface area (Å²) in [6.45, 7) is 1.61. The maximum Gasteiger partial charge on any atom is 0.265 e. The van der Waals surface area contributed by atoms with Gasteiger partial charge in [0.1, 0.15) is 11.5 Å². The van der Waals surface area contributed by atoms with Crippen molar-refractivity contribution in [2.24, 2.45) is 0 Å². The molecule has 1 unspecified atom stereocenters. The number of benzene rings is 2. The number of amides is 1. The van der Waals surface area contributed by atoms with Crippen LogP contribution in [0.1, 0.15) is 6.92 Å². The van der Waals surface area contributed by atoms with Crippen molar-refractivity contribution in [2.45, 2.75) is 13.0 Å². The van der Waals surface area contributed by atoms with Gasteiger partial charge in [-0.05, 0) is 43.3 Å². The van der Waals surface area contributed by atoms with Gasteiger partial charge < -0.3 is 14.8 Å². The van der Waals surface area contributed by atoms with Gasteiger partial charge in [0.05, 0.1) is 17.8 Å². The van der Waals surface area contributed by atoms with Crippen LogP contribution in [0.25, 0.3) is 0 Å². The number of methoxy groups -OCH3 is 1. The summed E-state index contributed by atoms with van der Waals surface area (Å²) in [5.74, 6) is 0.507. The van der Waals surface area contributed by atoms with E-state index < -0.39 is 6.10 Å². The summed E-state index contributed by atoms with van der Waals surface area (Å²) in [4.78, 5) is 12.3. The third kappa shape index (κ3) is 4.67. The number of ether oxygens (including phenoxy) is 2. The van der Waals surface area contributed by atoms with Crippen molar-refractivity contribution in [2.75, 3.05) is 12.4 Å². The quantitative estimate of drug-likeness (QED) is 0.795.